The maximum atomic E-state index is 9.88. The number of aliphatic hydroxyl groups is 1. The van der Waals surface area contributed by atoms with E-state index in [4.69, 9.17) is 0 Å². The largest absolute Gasteiger partial charge is 0.388 e. The standard InChI is InChI=1S/C14H18O/c1-4-14(2,3)13(15)11-10-12-8-6-5-7-9-12/h4-11,13,15H,1H2,2-3H3/b11-10+. The molecule has 0 aliphatic heterocycles. The zero-order valence-electron chi connectivity index (χ0n) is 9.35. The molecule has 0 spiro atoms. The molecule has 0 aliphatic rings. The number of rotatable bonds is 4. The second-order valence-corrected chi connectivity index (χ2v) is 4.24. The summed E-state index contributed by atoms with van der Waals surface area (Å²) in [5.74, 6) is 0. The highest BCUT2D eigenvalue weighted by atomic mass is 16.3. The van der Waals surface area contributed by atoms with E-state index in [2.05, 4.69) is 6.58 Å². The van der Waals surface area contributed by atoms with Gasteiger partial charge in [0.25, 0.3) is 0 Å². The van der Waals surface area contributed by atoms with E-state index in [9.17, 15) is 5.11 Å². The number of hydrogen-bond donors (Lipinski definition) is 1. The van der Waals surface area contributed by atoms with Gasteiger partial charge in [0.15, 0.2) is 0 Å². The molecule has 1 rings (SSSR count). The van der Waals surface area contributed by atoms with Crippen molar-refractivity contribution < 1.29 is 5.11 Å². The third kappa shape index (κ3) is 3.37. The molecule has 1 aromatic rings. The van der Waals surface area contributed by atoms with Crippen molar-refractivity contribution in [3.63, 3.8) is 0 Å². The first-order chi connectivity index (χ1) is 7.06. The minimum atomic E-state index is -0.504. The van der Waals surface area contributed by atoms with Gasteiger partial charge in [0.2, 0.25) is 0 Å². The van der Waals surface area contributed by atoms with Crippen molar-refractivity contribution in [3.05, 3.63) is 54.6 Å². The Bertz CT molecular complexity index is 336. The van der Waals surface area contributed by atoms with Crippen LogP contribution in [-0.2, 0) is 0 Å². The first-order valence-electron chi connectivity index (χ1n) is 5.11. The summed E-state index contributed by atoms with van der Waals surface area (Å²) >= 11 is 0. The number of benzene rings is 1. The van der Waals surface area contributed by atoms with Crippen LogP contribution in [0.2, 0.25) is 0 Å². The summed E-state index contributed by atoms with van der Waals surface area (Å²) in [5.41, 5.74) is 0.807. The Morgan fingerprint density at radius 1 is 1.27 bits per heavy atom. The summed E-state index contributed by atoms with van der Waals surface area (Å²) in [5, 5.41) is 9.88. The van der Waals surface area contributed by atoms with Crippen molar-refractivity contribution in [1.29, 1.82) is 0 Å². The van der Waals surface area contributed by atoms with Crippen molar-refractivity contribution >= 4 is 6.08 Å². The molecule has 0 saturated heterocycles. The Morgan fingerprint density at radius 3 is 2.40 bits per heavy atom. The molecule has 15 heavy (non-hydrogen) atoms. The fourth-order valence-electron chi connectivity index (χ4n) is 1.14. The second kappa shape index (κ2) is 4.94. The average Bonchev–Trinajstić information content (AvgIpc) is 2.27. The molecule has 1 N–H and O–H groups in total. The van der Waals surface area contributed by atoms with Crippen LogP contribution in [0, 0.1) is 5.41 Å². The Kier molecular flexibility index (Phi) is 3.87. The lowest BCUT2D eigenvalue weighted by molar-refractivity contribution is 0.127. The Hall–Kier alpha value is -1.34. The van der Waals surface area contributed by atoms with Crippen LogP contribution >= 0.6 is 0 Å². The van der Waals surface area contributed by atoms with E-state index in [-0.39, 0.29) is 5.41 Å². The SMILES string of the molecule is C=CC(C)(C)C(O)/C=C/c1ccccc1. The molecule has 1 aromatic carbocycles. The zero-order valence-corrected chi connectivity index (χ0v) is 9.35. The van der Waals surface area contributed by atoms with Gasteiger partial charge in [0.1, 0.15) is 0 Å². The van der Waals surface area contributed by atoms with Crippen molar-refractivity contribution in [2.45, 2.75) is 20.0 Å². The zero-order chi connectivity index (χ0) is 11.3. The molecule has 0 amide bonds. The molecule has 0 heterocycles. The minimum Gasteiger partial charge on any atom is -0.388 e. The van der Waals surface area contributed by atoms with E-state index in [1.807, 2.05) is 50.3 Å². The van der Waals surface area contributed by atoms with Gasteiger partial charge >= 0.3 is 0 Å². The van der Waals surface area contributed by atoms with Crippen molar-refractivity contribution in [2.24, 2.45) is 5.41 Å². The van der Waals surface area contributed by atoms with Crippen molar-refractivity contribution in [2.75, 3.05) is 0 Å². The van der Waals surface area contributed by atoms with Gasteiger partial charge in [-0.05, 0) is 5.56 Å². The molecule has 1 nitrogen and oxygen atoms in total. The fraction of sp³-hybridized carbons (Fsp3) is 0.286. The normalized spacial score (nSPS) is 14.1. The molecule has 0 radical (unpaired) electrons. The lowest BCUT2D eigenvalue weighted by Gasteiger charge is -2.23. The Morgan fingerprint density at radius 2 is 1.87 bits per heavy atom. The summed E-state index contributed by atoms with van der Waals surface area (Å²) in [4.78, 5) is 0. The van der Waals surface area contributed by atoms with Gasteiger partial charge in [-0.1, -0.05) is 62.4 Å². The van der Waals surface area contributed by atoms with Crippen LogP contribution < -0.4 is 0 Å². The molecule has 0 saturated carbocycles. The third-order valence-corrected chi connectivity index (χ3v) is 2.56. The van der Waals surface area contributed by atoms with Crippen molar-refractivity contribution in [3.8, 4) is 0 Å². The monoisotopic (exact) mass is 202 g/mol. The van der Waals surface area contributed by atoms with Crippen LogP contribution in [0.1, 0.15) is 19.4 Å². The molecule has 0 aliphatic carbocycles. The third-order valence-electron chi connectivity index (χ3n) is 2.56. The van der Waals surface area contributed by atoms with Crippen LogP contribution in [-0.4, -0.2) is 11.2 Å². The highest BCUT2D eigenvalue weighted by molar-refractivity contribution is 5.49. The topological polar surface area (TPSA) is 20.2 Å². The summed E-state index contributed by atoms with van der Waals surface area (Å²) in [6.45, 7) is 7.63. The summed E-state index contributed by atoms with van der Waals surface area (Å²) in [6, 6.07) is 9.94. The molecule has 1 heteroatoms. The molecule has 0 fully saturated rings. The maximum absolute atomic E-state index is 9.88. The van der Waals surface area contributed by atoms with Gasteiger partial charge in [-0.3, -0.25) is 0 Å². The summed E-state index contributed by atoms with van der Waals surface area (Å²) < 4.78 is 0. The van der Waals surface area contributed by atoms with Gasteiger partial charge in [-0.2, -0.15) is 0 Å². The average molecular weight is 202 g/mol. The van der Waals surface area contributed by atoms with E-state index in [0.29, 0.717) is 0 Å². The lowest BCUT2D eigenvalue weighted by Crippen LogP contribution is -2.24. The van der Waals surface area contributed by atoms with Gasteiger partial charge in [-0.15, -0.1) is 6.58 Å². The minimum absolute atomic E-state index is 0.286. The van der Waals surface area contributed by atoms with Gasteiger partial charge < -0.3 is 5.11 Å². The fourth-order valence-corrected chi connectivity index (χ4v) is 1.14. The highest BCUT2D eigenvalue weighted by Gasteiger charge is 2.21. The van der Waals surface area contributed by atoms with E-state index < -0.39 is 6.10 Å². The Balaban J connectivity index is 2.70. The first-order valence-corrected chi connectivity index (χ1v) is 5.11. The highest BCUT2D eigenvalue weighted by Crippen LogP contribution is 2.23. The molecular weight excluding hydrogens is 184 g/mol. The van der Waals surface area contributed by atoms with Crippen LogP contribution in [0.25, 0.3) is 6.08 Å². The second-order valence-electron chi connectivity index (χ2n) is 4.24. The van der Waals surface area contributed by atoms with Crippen LogP contribution in [0.3, 0.4) is 0 Å². The van der Waals surface area contributed by atoms with Crippen molar-refractivity contribution in [1.82, 2.24) is 0 Å². The van der Waals surface area contributed by atoms with Gasteiger partial charge in [-0.25, -0.2) is 0 Å². The predicted octanol–water partition coefficient (Wildman–Crippen LogP) is 3.27. The Labute approximate surface area is 91.8 Å². The van der Waals surface area contributed by atoms with Crippen LogP contribution in [0.15, 0.2) is 49.1 Å². The van der Waals surface area contributed by atoms with Crippen LogP contribution in [0.4, 0.5) is 0 Å². The molecule has 80 valence electrons. The molecule has 1 atom stereocenters. The molecular formula is C14H18O. The van der Waals surface area contributed by atoms with E-state index in [0.717, 1.165) is 5.56 Å². The summed E-state index contributed by atoms with van der Waals surface area (Å²) in [6.07, 6.45) is 5.00. The quantitative estimate of drug-likeness (QED) is 0.743. The lowest BCUT2D eigenvalue weighted by atomic mass is 9.86. The molecule has 0 aromatic heterocycles. The number of hydrogen-bond acceptors (Lipinski definition) is 1. The smallest absolute Gasteiger partial charge is 0.0809 e. The predicted molar refractivity (Wildman–Crippen MR) is 65.5 cm³/mol. The molecule has 1 unspecified atom stereocenters. The number of aliphatic hydroxyl groups excluding tert-OH is 1. The van der Waals surface area contributed by atoms with E-state index in [1.165, 1.54) is 0 Å². The van der Waals surface area contributed by atoms with Gasteiger partial charge in [0.05, 0.1) is 6.10 Å². The van der Waals surface area contributed by atoms with Crippen LogP contribution in [0.5, 0.6) is 0 Å². The van der Waals surface area contributed by atoms with E-state index in [1.54, 1.807) is 12.2 Å². The first kappa shape index (κ1) is 11.7. The molecule has 0 bridgehead atoms. The van der Waals surface area contributed by atoms with Gasteiger partial charge in [0, 0.05) is 5.41 Å². The summed E-state index contributed by atoms with van der Waals surface area (Å²) in [7, 11) is 0. The maximum Gasteiger partial charge on any atom is 0.0809 e. The van der Waals surface area contributed by atoms with E-state index >= 15 is 0 Å².